The van der Waals surface area contributed by atoms with Crippen LogP contribution in [-0.4, -0.2) is 66.0 Å². The van der Waals surface area contributed by atoms with Crippen molar-refractivity contribution in [1.82, 2.24) is 9.62 Å². The number of carbonyl (C=O) groups is 2. The summed E-state index contributed by atoms with van der Waals surface area (Å²) in [6, 6.07) is 3.88. The van der Waals surface area contributed by atoms with E-state index in [2.05, 4.69) is 0 Å². The number of nitrogens with one attached hydrogen (secondary N) is 1. The summed E-state index contributed by atoms with van der Waals surface area (Å²) >= 11 is 0. The van der Waals surface area contributed by atoms with Crippen LogP contribution in [0.1, 0.15) is 38.3 Å². The zero-order chi connectivity index (χ0) is 30.2. The number of likely N-dealkylation sites (tertiary alicyclic amines) is 1. The zero-order valence-corrected chi connectivity index (χ0v) is 22.3. The Balaban J connectivity index is 2.03. The van der Waals surface area contributed by atoms with Crippen LogP contribution in [0.4, 0.5) is 22.0 Å². The van der Waals surface area contributed by atoms with E-state index in [1.165, 1.54) is 32.0 Å². The molecule has 3 unspecified atom stereocenters. The van der Waals surface area contributed by atoms with Crippen molar-refractivity contribution in [2.24, 2.45) is 0 Å². The van der Waals surface area contributed by atoms with Gasteiger partial charge in [0.2, 0.25) is 0 Å². The van der Waals surface area contributed by atoms with Crippen LogP contribution >= 0.6 is 0 Å². The van der Waals surface area contributed by atoms with Crippen molar-refractivity contribution in [2.75, 3.05) is 6.54 Å². The van der Waals surface area contributed by atoms with Crippen molar-refractivity contribution in [3.63, 3.8) is 0 Å². The Kier molecular flexibility index (Phi) is 9.06. The second-order valence-electron chi connectivity index (χ2n) is 9.74. The SMILES string of the molecule is CC(=O)OC(C)(C)C(=O)N1CCC(NS(=O)C(F)(F)F)C1Cc1cccc(-c2cc(F)cc(C(O)(O)O)c2)c1F. The van der Waals surface area contributed by atoms with Crippen LogP contribution in [-0.2, 0) is 37.7 Å². The molecule has 3 atom stereocenters. The Bertz CT molecular complexity index is 1310. The normalized spacial score (nSPS) is 19.0. The van der Waals surface area contributed by atoms with Gasteiger partial charge in [-0.1, -0.05) is 18.2 Å². The molecular weight excluding hydrogens is 567 g/mol. The zero-order valence-electron chi connectivity index (χ0n) is 21.5. The Labute approximate surface area is 228 Å². The predicted molar refractivity (Wildman–Crippen MR) is 131 cm³/mol. The van der Waals surface area contributed by atoms with E-state index >= 15 is 4.39 Å². The Morgan fingerprint density at radius 1 is 1.12 bits per heavy atom. The first-order chi connectivity index (χ1) is 18.3. The number of hydrogen-bond acceptors (Lipinski definition) is 7. The molecule has 2 aromatic rings. The van der Waals surface area contributed by atoms with Crippen molar-refractivity contribution < 1.29 is 55.8 Å². The lowest BCUT2D eigenvalue weighted by atomic mass is 9.94. The molecule has 1 amide bonds. The van der Waals surface area contributed by atoms with Gasteiger partial charge >= 0.3 is 17.5 Å². The highest BCUT2D eigenvalue weighted by Crippen LogP contribution is 2.33. The topological polar surface area (TPSA) is 136 Å². The van der Waals surface area contributed by atoms with Crippen LogP contribution < -0.4 is 4.72 Å². The maximum Gasteiger partial charge on any atom is 0.485 e. The van der Waals surface area contributed by atoms with Crippen LogP contribution in [0.25, 0.3) is 11.1 Å². The highest BCUT2D eigenvalue weighted by atomic mass is 32.2. The molecule has 1 heterocycles. The first-order valence-corrected chi connectivity index (χ1v) is 13.0. The van der Waals surface area contributed by atoms with Crippen LogP contribution in [0.2, 0.25) is 0 Å². The summed E-state index contributed by atoms with van der Waals surface area (Å²) in [5.41, 5.74) is -8.08. The van der Waals surface area contributed by atoms with E-state index in [-0.39, 0.29) is 36.1 Å². The first kappa shape index (κ1) is 31.5. The summed E-state index contributed by atoms with van der Waals surface area (Å²) in [5, 5.41) is 28.3. The number of benzene rings is 2. The molecule has 0 bridgehead atoms. The van der Waals surface area contributed by atoms with Crippen molar-refractivity contribution in [2.45, 2.75) is 62.8 Å². The third-order valence-electron chi connectivity index (χ3n) is 6.29. The summed E-state index contributed by atoms with van der Waals surface area (Å²) in [4.78, 5) is 25.9. The predicted octanol–water partition coefficient (Wildman–Crippen LogP) is 2.35. The molecule has 1 aliphatic rings. The fraction of sp³-hybridized carbons (Fsp3) is 0.440. The second kappa shape index (κ2) is 11.5. The molecule has 15 heteroatoms. The molecule has 2 aromatic carbocycles. The van der Waals surface area contributed by atoms with E-state index in [0.29, 0.717) is 6.07 Å². The molecule has 1 saturated heterocycles. The molecule has 0 radical (unpaired) electrons. The second-order valence-corrected chi connectivity index (χ2v) is 11.0. The summed E-state index contributed by atoms with van der Waals surface area (Å²) < 4.78 is 87.9. The monoisotopic (exact) mass is 594 g/mol. The number of rotatable bonds is 8. The fourth-order valence-corrected chi connectivity index (χ4v) is 5.26. The summed E-state index contributed by atoms with van der Waals surface area (Å²) in [6.07, 6.45) is -0.477. The quantitative estimate of drug-likeness (QED) is 0.209. The molecule has 0 aromatic heterocycles. The molecule has 0 aliphatic carbocycles. The molecule has 3 rings (SSSR count). The molecule has 220 valence electrons. The largest absolute Gasteiger partial charge is 0.485 e. The van der Waals surface area contributed by atoms with Crippen molar-refractivity contribution in [3.8, 4) is 11.1 Å². The van der Waals surface area contributed by atoms with Gasteiger partial charge in [-0.3, -0.25) is 9.59 Å². The van der Waals surface area contributed by atoms with E-state index in [1.807, 2.05) is 4.72 Å². The van der Waals surface area contributed by atoms with Gasteiger partial charge in [-0.05, 0) is 56.0 Å². The molecule has 1 aliphatic heterocycles. The molecule has 1 fully saturated rings. The highest BCUT2D eigenvalue weighted by molar-refractivity contribution is 7.83. The van der Waals surface area contributed by atoms with Crippen LogP contribution in [0.3, 0.4) is 0 Å². The Morgan fingerprint density at radius 3 is 2.35 bits per heavy atom. The standard InChI is InChI=1S/C25H27F5N2O7S/c1-13(33)39-23(2,3)22(34)32-8-7-19(31-40(38)25(28,29)30)20(32)11-14-5-4-6-18(21(14)27)15-9-16(24(35,36)37)12-17(26)10-15/h4-6,9-10,12,19-20,31,35-37H,7-8,11H2,1-3H3. The number of amides is 1. The number of carbonyl (C=O) groups excluding carboxylic acids is 2. The van der Waals surface area contributed by atoms with Crippen molar-refractivity contribution >= 4 is 22.9 Å². The van der Waals surface area contributed by atoms with E-state index in [4.69, 9.17) is 4.74 Å². The fourth-order valence-electron chi connectivity index (χ4n) is 4.57. The van der Waals surface area contributed by atoms with E-state index in [9.17, 15) is 46.7 Å². The van der Waals surface area contributed by atoms with Crippen LogP contribution in [0, 0.1) is 11.6 Å². The van der Waals surface area contributed by atoms with Gasteiger partial charge in [0.05, 0.1) is 6.04 Å². The average Bonchev–Trinajstić information content (AvgIpc) is 3.19. The smallest absolute Gasteiger partial charge is 0.450 e. The number of esters is 1. The van der Waals surface area contributed by atoms with E-state index in [1.54, 1.807) is 0 Å². The molecule has 4 N–H and O–H groups in total. The van der Waals surface area contributed by atoms with Gasteiger partial charge in [-0.2, -0.15) is 13.2 Å². The highest BCUT2D eigenvalue weighted by Gasteiger charge is 2.47. The van der Waals surface area contributed by atoms with Gasteiger partial charge in [0.25, 0.3) is 5.91 Å². The average molecular weight is 595 g/mol. The van der Waals surface area contributed by atoms with Gasteiger partial charge in [0.15, 0.2) is 16.6 Å². The minimum absolute atomic E-state index is 0.0888. The lowest BCUT2D eigenvalue weighted by molar-refractivity contribution is -0.323. The third kappa shape index (κ3) is 7.20. The van der Waals surface area contributed by atoms with Gasteiger partial charge in [0.1, 0.15) is 11.6 Å². The van der Waals surface area contributed by atoms with Crippen LogP contribution in [0.15, 0.2) is 36.4 Å². The van der Waals surface area contributed by atoms with Gasteiger partial charge < -0.3 is 25.0 Å². The molecule has 40 heavy (non-hydrogen) atoms. The number of hydrogen-bond donors (Lipinski definition) is 4. The van der Waals surface area contributed by atoms with E-state index < -0.39 is 69.2 Å². The summed E-state index contributed by atoms with van der Waals surface area (Å²) in [5.74, 6) is -6.97. The minimum atomic E-state index is -5.11. The minimum Gasteiger partial charge on any atom is -0.450 e. The molecule has 9 nitrogen and oxygen atoms in total. The maximum atomic E-state index is 15.7. The van der Waals surface area contributed by atoms with Crippen molar-refractivity contribution in [1.29, 1.82) is 0 Å². The van der Waals surface area contributed by atoms with Crippen molar-refractivity contribution in [3.05, 3.63) is 59.2 Å². The first-order valence-electron chi connectivity index (χ1n) is 11.8. The molecular formula is C25H27F5N2O7S. The lowest BCUT2D eigenvalue weighted by Crippen LogP contribution is -2.54. The van der Waals surface area contributed by atoms with Gasteiger partial charge in [-0.15, -0.1) is 0 Å². The van der Waals surface area contributed by atoms with E-state index in [0.717, 1.165) is 24.0 Å². The summed E-state index contributed by atoms with van der Waals surface area (Å²) in [7, 11) is -3.50. The van der Waals surface area contributed by atoms with Gasteiger partial charge in [0, 0.05) is 30.6 Å². The van der Waals surface area contributed by atoms with Crippen LogP contribution in [0.5, 0.6) is 0 Å². The maximum absolute atomic E-state index is 15.7. The number of aliphatic hydroxyl groups is 3. The van der Waals surface area contributed by atoms with Gasteiger partial charge in [-0.25, -0.2) is 17.7 Å². The number of ether oxygens (including phenoxy) is 1. The molecule has 0 saturated carbocycles. The number of alkyl halides is 3. The lowest BCUT2D eigenvalue weighted by Gasteiger charge is -2.34. The molecule has 0 spiro atoms. The summed E-state index contributed by atoms with van der Waals surface area (Å²) in [6.45, 7) is 3.52. The number of halogens is 5. The Hall–Kier alpha value is -2.98. The Morgan fingerprint density at radius 2 is 1.77 bits per heavy atom. The number of nitrogens with zero attached hydrogens (tertiary/aromatic N) is 1. The third-order valence-corrected chi connectivity index (χ3v) is 7.23.